The highest BCUT2D eigenvalue weighted by Gasteiger charge is 2.88. The summed E-state index contributed by atoms with van der Waals surface area (Å²) in [7, 11) is 3.09. The molecule has 9 atom stereocenters. The number of ether oxygens (including phenoxy) is 3. The first-order chi connectivity index (χ1) is 16.0. The van der Waals surface area contributed by atoms with Crippen molar-refractivity contribution in [2.45, 2.75) is 86.9 Å². The van der Waals surface area contributed by atoms with Gasteiger partial charge in [0.15, 0.2) is 11.2 Å². The number of aromatic hydroxyl groups is 1. The van der Waals surface area contributed by atoms with E-state index in [2.05, 4.69) is 0 Å². The fraction of sp³-hybridized carbons (Fsp3) is 0.667. The Hall–Kier alpha value is -2.08. The van der Waals surface area contributed by atoms with Crippen molar-refractivity contribution in [1.29, 1.82) is 0 Å². The van der Waals surface area contributed by atoms with Crippen LogP contribution in [0.15, 0.2) is 12.1 Å². The first-order valence-electron chi connectivity index (χ1n) is 11.6. The molecule has 1 aromatic carbocycles. The number of phenols is 1. The van der Waals surface area contributed by atoms with Crippen LogP contribution in [0.1, 0.15) is 66.7 Å². The van der Waals surface area contributed by atoms with Gasteiger partial charge in [-0.1, -0.05) is 6.07 Å². The lowest BCUT2D eigenvalue weighted by molar-refractivity contribution is -0.164. The summed E-state index contributed by atoms with van der Waals surface area (Å²) in [5, 5.41) is 43.6. The summed E-state index contributed by atoms with van der Waals surface area (Å²) in [6.45, 7) is 3.33. The van der Waals surface area contributed by atoms with Gasteiger partial charge in [0.25, 0.3) is 0 Å². The van der Waals surface area contributed by atoms with Crippen molar-refractivity contribution in [3.8, 4) is 5.75 Å². The van der Waals surface area contributed by atoms with Gasteiger partial charge in [-0.2, -0.15) is 0 Å². The summed E-state index contributed by atoms with van der Waals surface area (Å²) in [4.78, 5) is 28.0. The molecule has 4 N–H and O–H groups in total. The number of rotatable bonds is 4. The Labute approximate surface area is 197 Å². The minimum absolute atomic E-state index is 0.0542. The molecule has 1 aliphatic carbocycles. The van der Waals surface area contributed by atoms with E-state index >= 15 is 0 Å². The summed E-state index contributed by atoms with van der Waals surface area (Å²) in [6.07, 6.45) is -4.36. The fourth-order valence-electron chi connectivity index (χ4n) is 6.62. The van der Waals surface area contributed by atoms with Crippen LogP contribution in [0.25, 0.3) is 0 Å². The van der Waals surface area contributed by atoms with E-state index < -0.39 is 53.5 Å². The number of carbonyl (C=O) groups excluding carboxylic acids is 2. The number of aliphatic hydroxyl groups is 3. The lowest BCUT2D eigenvalue weighted by Crippen LogP contribution is -2.63. The number of likely N-dealkylation sites (N-methyl/N-ethyl adjacent to an activating group) is 1. The van der Waals surface area contributed by atoms with E-state index in [0.29, 0.717) is 18.4 Å². The fourth-order valence-corrected chi connectivity index (χ4v) is 6.62. The van der Waals surface area contributed by atoms with Crippen LogP contribution in [0.2, 0.25) is 0 Å². The highest BCUT2D eigenvalue weighted by Crippen LogP contribution is 2.68. The molecular formula is C24H31NO9. The molecule has 9 unspecified atom stereocenters. The largest absolute Gasteiger partial charge is 0.508 e. The number of aliphatic hydroxyl groups excluding tert-OH is 3. The average molecular weight is 478 g/mol. The van der Waals surface area contributed by atoms with E-state index in [0.717, 1.165) is 0 Å². The maximum Gasteiger partial charge on any atom is 0.308 e. The van der Waals surface area contributed by atoms with Crippen LogP contribution >= 0.6 is 0 Å². The van der Waals surface area contributed by atoms with Gasteiger partial charge in [0.05, 0.1) is 31.8 Å². The molecule has 0 amide bonds. The van der Waals surface area contributed by atoms with Crippen LogP contribution in [0, 0.1) is 0 Å². The Kier molecular flexibility index (Phi) is 5.36. The Bertz CT molecular complexity index is 1040. The van der Waals surface area contributed by atoms with Crippen molar-refractivity contribution in [1.82, 2.24) is 4.90 Å². The molecule has 10 nitrogen and oxygen atoms in total. The second-order valence-corrected chi connectivity index (χ2v) is 9.93. The van der Waals surface area contributed by atoms with Gasteiger partial charge in [-0.25, -0.2) is 0 Å². The Morgan fingerprint density at radius 3 is 2.65 bits per heavy atom. The quantitative estimate of drug-likeness (QED) is 0.354. The molecule has 0 aromatic heterocycles. The molecule has 10 heteroatoms. The van der Waals surface area contributed by atoms with Crippen molar-refractivity contribution >= 4 is 11.8 Å². The number of methoxy groups -OCH3 is 1. The molecule has 3 fully saturated rings. The molecule has 3 aliphatic heterocycles. The van der Waals surface area contributed by atoms with Crippen molar-refractivity contribution < 1.29 is 44.2 Å². The van der Waals surface area contributed by atoms with Gasteiger partial charge >= 0.3 is 5.97 Å². The molecule has 3 heterocycles. The number of fused-ring (bicyclic) bond motifs is 1. The predicted octanol–water partition coefficient (Wildman–Crippen LogP) is 0.357. The number of phenolic OH excluding ortho intramolecular Hbond substituents is 1. The zero-order valence-electron chi connectivity index (χ0n) is 19.6. The van der Waals surface area contributed by atoms with E-state index in [-0.39, 0.29) is 35.4 Å². The summed E-state index contributed by atoms with van der Waals surface area (Å²) >= 11 is 0. The number of Topliss-reactive ketones (excluding diaryl/α,β-unsaturated/α-hetero) is 1. The minimum Gasteiger partial charge on any atom is -0.508 e. The molecule has 4 aliphatic rings. The standard InChI is InChI=1S/C24H31NO9/c1-10(26)13-6-7-14(25(13)3)12-5-8-15(27)19-18(12)21(30)24-20(29)16(9-17(28)32-4)33-11(2)23(24,34-24)22(19)31/h5,8,10-11,13-14,16,20,22,26-27,29,31H,6-7,9H2,1-4H3. The van der Waals surface area contributed by atoms with Crippen molar-refractivity contribution in [2.24, 2.45) is 0 Å². The van der Waals surface area contributed by atoms with Gasteiger partial charge in [-0.3, -0.25) is 14.5 Å². The molecule has 5 rings (SSSR count). The number of carbonyl (C=O) groups is 2. The second kappa shape index (κ2) is 7.71. The SMILES string of the molecule is COC(=O)CC1OC(C)C23OC2(C(=O)c2c(C4CCC(C(C)O)N4C)ccc(O)c2C3O)C1O. The molecule has 0 spiro atoms. The van der Waals surface area contributed by atoms with Gasteiger partial charge in [-0.05, 0) is 45.4 Å². The number of ketones is 1. The summed E-state index contributed by atoms with van der Waals surface area (Å²) in [5.41, 5.74) is -2.62. The number of likely N-dealkylation sites (tertiary alicyclic amines) is 1. The van der Waals surface area contributed by atoms with E-state index in [1.165, 1.54) is 13.2 Å². The maximum absolute atomic E-state index is 14.1. The van der Waals surface area contributed by atoms with Crippen LogP contribution in [0.3, 0.4) is 0 Å². The molecule has 1 aromatic rings. The van der Waals surface area contributed by atoms with Gasteiger partial charge < -0.3 is 34.6 Å². The maximum atomic E-state index is 14.1. The third-order valence-electron chi connectivity index (χ3n) is 8.38. The Balaban J connectivity index is 1.62. The number of esters is 1. The van der Waals surface area contributed by atoms with Crippen LogP contribution in [0.4, 0.5) is 0 Å². The van der Waals surface area contributed by atoms with Gasteiger partial charge in [0, 0.05) is 23.2 Å². The molecule has 0 saturated carbocycles. The zero-order chi connectivity index (χ0) is 24.7. The van der Waals surface area contributed by atoms with E-state index in [1.54, 1.807) is 19.9 Å². The monoisotopic (exact) mass is 477 g/mol. The van der Waals surface area contributed by atoms with E-state index in [1.807, 2.05) is 11.9 Å². The molecule has 3 saturated heterocycles. The summed E-state index contributed by atoms with van der Waals surface area (Å²) < 4.78 is 16.5. The van der Waals surface area contributed by atoms with Crippen LogP contribution < -0.4 is 0 Å². The van der Waals surface area contributed by atoms with Crippen molar-refractivity contribution in [3.63, 3.8) is 0 Å². The molecular weight excluding hydrogens is 446 g/mol. The van der Waals surface area contributed by atoms with E-state index in [4.69, 9.17) is 14.2 Å². The van der Waals surface area contributed by atoms with Crippen molar-refractivity contribution in [3.05, 3.63) is 28.8 Å². The van der Waals surface area contributed by atoms with Gasteiger partial charge in [0.1, 0.15) is 18.0 Å². The highest BCUT2D eigenvalue weighted by molar-refractivity contribution is 6.11. The predicted molar refractivity (Wildman–Crippen MR) is 116 cm³/mol. The number of hydrogen-bond donors (Lipinski definition) is 4. The smallest absolute Gasteiger partial charge is 0.308 e. The van der Waals surface area contributed by atoms with Crippen LogP contribution in [0.5, 0.6) is 5.75 Å². The van der Waals surface area contributed by atoms with Crippen LogP contribution in [-0.2, 0) is 19.0 Å². The lowest BCUT2D eigenvalue weighted by atomic mass is 9.64. The van der Waals surface area contributed by atoms with Crippen molar-refractivity contribution in [2.75, 3.05) is 14.2 Å². The number of nitrogens with zero attached hydrogens (tertiary/aromatic N) is 1. The highest BCUT2D eigenvalue weighted by atomic mass is 16.7. The number of epoxide rings is 1. The minimum atomic E-state index is -1.81. The van der Waals surface area contributed by atoms with E-state index in [9.17, 15) is 30.0 Å². The number of benzene rings is 1. The molecule has 186 valence electrons. The average Bonchev–Trinajstić information content (AvgIpc) is 3.41. The zero-order valence-corrected chi connectivity index (χ0v) is 19.6. The third-order valence-corrected chi connectivity index (χ3v) is 8.38. The third kappa shape index (κ3) is 2.78. The number of hydrogen-bond acceptors (Lipinski definition) is 10. The first kappa shape index (κ1) is 23.7. The van der Waals surface area contributed by atoms with Gasteiger partial charge in [-0.15, -0.1) is 0 Å². The lowest BCUT2D eigenvalue weighted by Gasteiger charge is -2.43. The Morgan fingerprint density at radius 1 is 1.32 bits per heavy atom. The Morgan fingerprint density at radius 2 is 2.03 bits per heavy atom. The first-order valence-corrected chi connectivity index (χ1v) is 11.6. The topological polar surface area (TPSA) is 149 Å². The summed E-state index contributed by atoms with van der Waals surface area (Å²) in [5.74, 6) is -1.41. The second-order valence-electron chi connectivity index (χ2n) is 9.93. The molecule has 0 bridgehead atoms. The molecule has 0 radical (unpaired) electrons. The van der Waals surface area contributed by atoms with Crippen LogP contribution in [-0.4, -0.2) is 92.9 Å². The normalized spacial score (nSPS) is 41.9. The van der Waals surface area contributed by atoms with Gasteiger partial charge in [0.2, 0.25) is 5.78 Å². The summed E-state index contributed by atoms with van der Waals surface area (Å²) in [6, 6.07) is 2.75. The molecule has 34 heavy (non-hydrogen) atoms.